The van der Waals surface area contributed by atoms with Gasteiger partial charge in [0.05, 0.1) is 5.69 Å². The Morgan fingerprint density at radius 3 is 2.89 bits per heavy atom. The van der Waals surface area contributed by atoms with Gasteiger partial charge >= 0.3 is 0 Å². The summed E-state index contributed by atoms with van der Waals surface area (Å²) < 4.78 is 1.77. The van der Waals surface area contributed by atoms with Crippen molar-refractivity contribution < 1.29 is 9.90 Å². The van der Waals surface area contributed by atoms with E-state index < -0.39 is 0 Å². The standard InChI is InChI=1S/C13H21N3O2/c1-3-11-7-12(16(4-2)14-11)13(18)15-6-5-10(8-15)9-17/h7,10,17H,3-6,8-9H2,1-2H3. The van der Waals surface area contributed by atoms with Crippen LogP contribution in [-0.2, 0) is 13.0 Å². The van der Waals surface area contributed by atoms with E-state index in [0.717, 1.165) is 25.1 Å². The van der Waals surface area contributed by atoms with Gasteiger partial charge in [0.1, 0.15) is 5.69 Å². The number of aliphatic hydroxyl groups is 1. The van der Waals surface area contributed by atoms with Crippen LogP contribution in [0.4, 0.5) is 0 Å². The number of carbonyl (C=O) groups is 1. The summed E-state index contributed by atoms with van der Waals surface area (Å²) >= 11 is 0. The molecule has 100 valence electrons. The van der Waals surface area contributed by atoms with Crippen LogP contribution in [0, 0.1) is 5.92 Å². The van der Waals surface area contributed by atoms with E-state index in [9.17, 15) is 4.79 Å². The molecule has 0 bridgehead atoms. The average molecular weight is 251 g/mol. The van der Waals surface area contributed by atoms with Gasteiger partial charge in [-0.2, -0.15) is 5.10 Å². The molecule has 1 aliphatic heterocycles. The summed E-state index contributed by atoms with van der Waals surface area (Å²) in [5.74, 6) is 0.276. The molecule has 0 aromatic carbocycles. The minimum absolute atomic E-state index is 0.0417. The summed E-state index contributed by atoms with van der Waals surface area (Å²) in [6.07, 6.45) is 1.73. The number of aliphatic hydroxyl groups excluding tert-OH is 1. The molecule has 1 aromatic rings. The zero-order valence-electron chi connectivity index (χ0n) is 11.1. The molecule has 1 unspecified atom stereocenters. The van der Waals surface area contributed by atoms with Gasteiger partial charge in [-0.05, 0) is 25.8 Å². The van der Waals surface area contributed by atoms with Gasteiger partial charge in [-0.15, -0.1) is 0 Å². The quantitative estimate of drug-likeness (QED) is 0.865. The monoisotopic (exact) mass is 251 g/mol. The SMILES string of the molecule is CCc1cc(C(=O)N2CCC(CO)C2)n(CC)n1. The van der Waals surface area contributed by atoms with Crippen molar-refractivity contribution in [3.63, 3.8) is 0 Å². The number of carbonyl (C=O) groups excluding carboxylic acids is 1. The Labute approximate surface area is 107 Å². The number of nitrogens with zero attached hydrogens (tertiary/aromatic N) is 3. The lowest BCUT2D eigenvalue weighted by atomic mass is 10.1. The van der Waals surface area contributed by atoms with Crippen LogP contribution in [0.25, 0.3) is 0 Å². The molecule has 0 saturated carbocycles. The smallest absolute Gasteiger partial charge is 0.272 e. The highest BCUT2D eigenvalue weighted by Gasteiger charge is 2.28. The first-order valence-electron chi connectivity index (χ1n) is 6.66. The Balaban J connectivity index is 2.15. The molecule has 1 aromatic heterocycles. The van der Waals surface area contributed by atoms with Crippen LogP contribution in [-0.4, -0.2) is 45.4 Å². The van der Waals surface area contributed by atoms with Gasteiger partial charge in [0, 0.05) is 32.2 Å². The molecule has 1 atom stereocenters. The molecule has 1 fully saturated rings. The van der Waals surface area contributed by atoms with Crippen molar-refractivity contribution in [1.82, 2.24) is 14.7 Å². The molecule has 1 aliphatic rings. The lowest BCUT2D eigenvalue weighted by molar-refractivity contribution is 0.0769. The van der Waals surface area contributed by atoms with Crippen molar-refractivity contribution >= 4 is 5.91 Å². The van der Waals surface area contributed by atoms with Crippen molar-refractivity contribution in [3.8, 4) is 0 Å². The maximum Gasteiger partial charge on any atom is 0.272 e. The maximum atomic E-state index is 12.4. The number of likely N-dealkylation sites (tertiary alicyclic amines) is 1. The molecular formula is C13H21N3O2. The van der Waals surface area contributed by atoms with Gasteiger partial charge in [0.2, 0.25) is 0 Å². The Hall–Kier alpha value is -1.36. The van der Waals surface area contributed by atoms with Crippen LogP contribution in [0.2, 0.25) is 0 Å². The van der Waals surface area contributed by atoms with Gasteiger partial charge in [-0.25, -0.2) is 0 Å². The second-order valence-electron chi connectivity index (χ2n) is 4.78. The number of hydrogen-bond donors (Lipinski definition) is 1. The maximum absolute atomic E-state index is 12.4. The summed E-state index contributed by atoms with van der Waals surface area (Å²) in [6.45, 7) is 6.29. The van der Waals surface area contributed by atoms with Crippen LogP contribution < -0.4 is 0 Å². The highest BCUT2D eigenvalue weighted by Crippen LogP contribution is 2.18. The van der Waals surface area contributed by atoms with Gasteiger partial charge in [0.25, 0.3) is 5.91 Å². The molecule has 0 radical (unpaired) electrons. The fourth-order valence-corrected chi connectivity index (χ4v) is 2.38. The molecular weight excluding hydrogens is 230 g/mol. The molecule has 5 heteroatoms. The minimum atomic E-state index is 0.0417. The molecule has 1 amide bonds. The summed E-state index contributed by atoms with van der Waals surface area (Å²) in [6, 6.07) is 1.89. The Kier molecular flexibility index (Phi) is 4.01. The fraction of sp³-hybridized carbons (Fsp3) is 0.692. The molecule has 0 spiro atoms. The van der Waals surface area contributed by atoms with Crippen LogP contribution in [0.3, 0.4) is 0 Å². The molecule has 2 rings (SSSR count). The Bertz CT molecular complexity index is 428. The first-order chi connectivity index (χ1) is 8.69. The normalized spacial score (nSPS) is 19.5. The highest BCUT2D eigenvalue weighted by molar-refractivity contribution is 5.92. The van der Waals surface area contributed by atoms with E-state index in [0.29, 0.717) is 18.8 Å². The zero-order valence-corrected chi connectivity index (χ0v) is 11.1. The number of hydrogen-bond acceptors (Lipinski definition) is 3. The Morgan fingerprint density at radius 2 is 2.33 bits per heavy atom. The summed E-state index contributed by atoms with van der Waals surface area (Å²) in [5, 5.41) is 13.5. The van der Waals surface area contributed by atoms with Gasteiger partial charge in [0.15, 0.2) is 0 Å². The van der Waals surface area contributed by atoms with Crippen molar-refractivity contribution in [2.45, 2.75) is 33.2 Å². The third-order valence-electron chi connectivity index (χ3n) is 3.54. The molecule has 1 N–H and O–H groups in total. The third kappa shape index (κ3) is 2.41. The topological polar surface area (TPSA) is 58.4 Å². The molecule has 1 saturated heterocycles. The summed E-state index contributed by atoms with van der Waals surface area (Å²) in [5.41, 5.74) is 1.63. The van der Waals surface area contributed by atoms with Crippen molar-refractivity contribution in [1.29, 1.82) is 0 Å². The number of aryl methyl sites for hydroxylation is 2. The van der Waals surface area contributed by atoms with Crippen LogP contribution >= 0.6 is 0 Å². The van der Waals surface area contributed by atoms with Crippen molar-refractivity contribution in [2.24, 2.45) is 5.92 Å². The molecule has 5 nitrogen and oxygen atoms in total. The third-order valence-corrected chi connectivity index (χ3v) is 3.54. The van der Waals surface area contributed by atoms with E-state index in [1.807, 2.05) is 24.8 Å². The molecule has 2 heterocycles. The van der Waals surface area contributed by atoms with Crippen LogP contribution in [0.5, 0.6) is 0 Å². The fourth-order valence-electron chi connectivity index (χ4n) is 2.38. The van der Waals surface area contributed by atoms with E-state index in [4.69, 9.17) is 5.11 Å². The van der Waals surface area contributed by atoms with E-state index in [-0.39, 0.29) is 18.4 Å². The largest absolute Gasteiger partial charge is 0.396 e. The van der Waals surface area contributed by atoms with E-state index >= 15 is 0 Å². The predicted octanol–water partition coefficient (Wildman–Crippen LogP) is 0.920. The van der Waals surface area contributed by atoms with Crippen LogP contribution in [0.15, 0.2) is 6.07 Å². The summed E-state index contributed by atoms with van der Waals surface area (Å²) in [4.78, 5) is 14.2. The lowest BCUT2D eigenvalue weighted by Gasteiger charge is -2.16. The van der Waals surface area contributed by atoms with Crippen LogP contribution in [0.1, 0.15) is 36.5 Å². The highest BCUT2D eigenvalue weighted by atomic mass is 16.3. The zero-order chi connectivity index (χ0) is 13.1. The summed E-state index contributed by atoms with van der Waals surface area (Å²) in [7, 11) is 0. The van der Waals surface area contributed by atoms with E-state index in [1.54, 1.807) is 4.68 Å². The number of rotatable bonds is 4. The van der Waals surface area contributed by atoms with Crippen molar-refractivity contribution in [2.75, 3.05) is 19.7 Å². The van der Waals surface area contributed by atoms with E-state index in [1.165, 1.54) is 0 Å². The lowest BCUT2D eigenvalue weighted by Crippen LogP contribution is -2.31. The predicted molar refractivity (Wildman–Crippen MR) is 68.4 cm³/mol. The van der Waals surface area contributed by atoms with Gasteiger partial charge in [-0.1, -0.05) is 6.92 Å². The van der Waals surface area contributed by atoms with E-state index in [2.05, 4.69) is 5.10 Å². The molecule has 0 aliphatic carbocycles. The first-order valence-corrected chi connectivity index (χ1v) is 6.66. The second kappa shape index (κ2) is 5.52. The number of amides is 1. The minimum Gasteiger partial charge on any atom is -0.396 e. The second-order valence-corrected chi connectivity index (χ2v) is 4.78. The van der Waals surface area contributed by atoms with Gasteiger partial charge in [-0.3, -0.25) is 9.48 Å². The average Bonchev–Trinajstić information content (AvgIpc) is 3.03. The van der Waals surface area contributed by atoms with Gasteiger partial charge < -0.3 is 10.0 Å². The van der Waals surface area contributed by atoms with Crippen molar-refractivity contribution in [3.05, 3.63) is 17.5 Å². The Morgan fingerprint density at radius 1 is 1.56 bits per heavy atom. The number of aromatic nitrogens is 2. The molecule has 18 heavy (non-hydrogen) atoms. The first kappa shape index (κ1) is 13.1.